The highest BCUT2D eigenvalue weighted by molar-refractivity contribution is 6.30. The Labute approximate surface area is 71.6 Å². The van der Waals surface area contributed by atoms with Crippen molar-refractivity contribution >= 4 is 17.4 Å². The number of ketones is 1. The first kappa shape index (κ1) is 8.75. The molecule has 1 fully saturated rings. The van der Waals surface area contributed by atoms with Gasteiger partial charge in [0.25, 0.3) is 0 Å². The van der Waals surface area contributed by atoms with E-state index in [1.807, 2.05) is 0 Å². The van der Waals surface area contributed by atoms with E-state index in [-0.39, 0.29) is 11.8 Å². The first-order valence-corrected chi connectivity index (χ1v) is 4.17. The first-order chi connectivity index (χ1) is 5.20. The molecule has 0 radical (unpaired) electrons. The second-order valence-corrected chi connectivity index (χ2v) is 3.34. The van der Waals surface area contributed by atoms with Crippen molar-refractivity contribution in [1.29, 1.82) is 0 Å². The number of allylic oxidation sites excluding steroid dienone is 1. The molecular formula is C8H12ClNO. The van der Waals surface area contributed by atoms with Crippen molar-refractivity contribution in [3.63, 3.8) is 0 Å². The van der Waals surface area contributed by atoms with E-state index in [0.717, 1.165) is 19.4 Å². The van der Waals surface area contributed by atoms with Crippen molar-refractivity contribution in [1.82, 2.24) is 5.32 Å². The van der Waals surface area contributed by atoms with Gasteiger partial charge in [-0.3, -0.25) is 4.79 Å². The summed E-state index contributed by atoms with van der Waals surface area (Å²) in [4.78, 5) is 11.2. The van der Waals surface area contributed by atoms with Crippen LogP contribution < -0.4 is 5.32 Å². The maximum Gasteiger partial charge on any atom is 0.154 e. The molecule has 3 heteroatoms. The molecule has 0 spiro atoms. The second kappa shape index (κ2) is 3.88. The molecule has 0 amide bonds. The average molecular weight is 174 g/mol. The Morgan fingerprint density at radius 1 is 1.73 bits per heavy atom. The first-order valence-electron chi connectivity index (χ1n) is 3.79. The molecule has 0 aliphatic carbocycles. The van der Waals surface area contributed by atoms with Crippen molar-refractivity contribution in [3.8, 4) is 0 Å². The van der Waals surface area contributed by atoms with Crippen LogP contribution in [0.25, 0.3) is 0 Å². The lowest BCUT2D eigenvalue weighted by molar-refractivity contribution is -0.119. The highest BCUT2D eigenvalue weighted by Gasteiger charge is 2.21. The third-order valence-corrected chi connectivity index (χ3v) is 1.95. The fraction of sp³-hybridized carbons (Fsp3) is 0.625. The van der Waals surface area contributed by atoms with E-state index < -0.39 is 0 Å². The number of nitrogens with one attached hydrogen (secondary N) is 1. The van der Waals surface area contributed by atoms with Gasteiger partial charge in [0.1, 0.15) is 0 Å². The maximum atomic E-state index is 11.2. The Morgan fingerprint density at radius 3 is 2.91 bits per heavy atom. The monoisotopic (exact) mass is 173 g/mol. The molecule has 1 unspecified atom stereocenters. The zero-order valence-electron chi connectivity index (χ0n) is 6.40. The zero-order chi connectivity index (χ0) is 8.27. The third kappa shape index (κ3) is 2.64. The van der Waals surface area contributed by atoms with E-state index in [0.29, 0.717) is 11.5 Å². The topological polar surface area (TPSA) is 29.1 Å². The standard InChI is InChI=1S/C8H12ClNO/c1-6(9)5-8(11)7-3-2-4-10-7/h7,10H,1-5H2. The lowest BCUT2D eigenvalue weighted by Crippen LogP contribution is -2.30. The van der Waals surface area contributed by atoms with Gasteiger partial charge in [-0.2, -0.15) is 0 Å². The molecule has 1 saturated heterocycles. The molecule has 1 aliphatic heterocycles. The van der Waals surface area contributed by atoms with Crippen molar-refractivity contribution in [2.24, 2.45) is 0 Å². The predicted octanol–water partition coefficient (Wildman–Crippen LogP) is 1.45. The van der Waals surface area contributed by atoms with Crippen LogP contribution in [0.2, 0.25) is 0 Å². The van der Waals surface area contributed by atoms with Gasteiger partial charge in [0.05, 0.1) is 6.04 Å². The summed E-state index contributed by atoms with van der Waals surface area (Å²) >= 11 is 5.51. The smallest absolute Gasteiger partial charge is 0.154 e. The number of hydrogen-bond acceptors (Lipinski definition) is 2. The molecule has 0 aromatic heterocycles. The molecule has 1 heterocycles. The van der Waals surface area contributed by atoms with Crippen molar-refractivity contribution in [3.05, 3.63) is 11.6 Å². The molecule has 1 atom stereocenters. The minimum Gasteiger partial charge on any atom is -0.307 e. The molecule has 11 heavy (non-hydrogen) atoms. The molecule has 0 saturated carbocycles. The lowest BCUT2D eigenvalue weighted by Gasteiger charge is -2.06. The van der Waals surface area contributed by atoms with Crippen LogP contribution in [-0.2, 0) is 4.79 Å². The highest BCUT2D eigenvalue weighted by atomic mass is 35.5. The van der Waals surface area contributed by atoms with Crippen LogP contribution in [0.3, 0.4) is 0 Å². The zero-order valence-corrected chi connectivity index (χ0v) is 7.16. The highest BCUT2D eigenvalue weighted by Crippen LogP contribution is 2.12. The molecule has 1 aliphatic rings. The van der Waals surface area contributed by atoms with Gasteiger partial charge in [-0.15, -0.1) is 0 Å². The van der Waals surface area contributed by atoms with Crippen LogP contribution in [0.4, 0.5) is 0 Å². The summed E-state index contributed by atoms with van der Waals surface area (Å²) in [5, 5.41) is 3.55. The third-order valence-electron chi connectivity index (χ3n) is 1.82. The number of hydrogen-bond donors (Lipinski definition) is 1. The van der Waals surface area contributed by atoms with Gasteiger partial charge in [-0.25, -0.2) is 0 Å². The fourth-order valence-electron chi connectivity index (χ4n) is 1.27. The SMILES string of the molecule is C=C(Cl)CC(=O)C1CCCN1. The Kier molecular flexibility index (Phi) is 3.09. The van der Waals surface area contributed by atoms with E-state index in [1.54, 1.807) is 0 Å². The maximum absolute atomic E-state index is 11.2. The van der Waals surface area contributed by atoms with Crippen LogP contribution in [0.1, 0.15) is 19.3 Å². The Morgan fingerprint density at radius 2 is 2.45 bits per heavy atom. The van der Waals surface area contributed by atoms with Crippen LogP contribution in [0.5, 0.6) is 0 Å². The number of halogens is 1. The van der Waals surface area contributed by atoms with Crippen LogP contribution >= 0.6 is 11.6 Å². The Bertz CT molecular complexity index is 173. The molecule has 0 aromatic carbocycles. The van der Waals surface area contributed by atoms with Crippen LogP contribution in [-0.4, -0.2) is 18.4 Å². The number of rotatable bonds is 3. The van der Waals surface area contributed by atoms with Crippen molar-refractivity contribution in [2.75, 3.05) is 6.54 Å². The van der Waals surface area contributed by atoms with Gasteiger partial charge >= 0.3 is 0 Å². The van der Waals surface area contributed by atoms with Gasteiger partial charge in [-0.05, 0) is 19.4 Å². The van der Waals surface area contributed by atoms with Crippen molar-refractivity contribution < 1.29 is 4.79 Å². The van der Waals surface area contributed by atoms with Gasteiger partial charge in [0.15, 0.2) is 5.78 Å². The molecule has 2 nitrogen and oxygen atoms in total. The van der Waals surface area contributed by atoms with Gasteiger partial charge in [0, 0.05) is 11.5 Å². The van der Waals surface area contributed by atoms with Crippen LogP contribution in [0, 0.1) is 0 Å². The molecule has 1 N–H and O–H groups in total. The Hall–Kier alpha value is -0.340. The summed E-state index contributed by atoms with van der Waals surface area (Å²) in [6, 6.07) is 0.0329. The number of Topliss-reactive ketones (excluding diaryl/α,β-unsaturated/α-hetero) is 1. The predicted molar refractivity (Wildman–Crippen MR) is 45.6 cm³/mol. The van der Waals surface area contributed by atoms with Gasteiger partial charge in [-0.1, -0.05) is 18.2 Å². The minimum absolute atomic E-state index is 0.0329. The molecule has 1 rings (SSSR count). The van der Waals surface area contributed by atoms with E-state index in [4.69, 9.17) is 11.6 Å². The largest absolute Gasteiger partial charge is 0.307 e. The number of carbonyl (C=O) groups is 1. The van der Waals surface area contributed by atoms with E-state index >= 15 is 0 Å². The van der Waals surface area contributed by atoms with Crippen molar-refractivity contribution in [2.45, 2.75) is 25.3 Å². The minimum atomic E-state index is 0.0329. The molecule has 62 valence electrons. The van der Waals surface area contributed by atoms with Crippen LogP contribution in [0.15, 0.2) is 11.6 Å². The summed E-state index contributed by atoms with van der Waals surface area (Å²) in [7, 11) is 0. The average Bonchev–Trinajstić information content (AvgIpc) is 2.35. The number of carbonyl (C=O) groups excluding carboxylic acids is 1. The quantitative estimate of drug-likeness (QED) is 0.700. The summed E-state index contributed by atoms with van der Waals surface area (Å²) < 4.78 is 0. The van der Waals surface area contributed by atoms with Gasteiger partial charge < -0.3 is 5.32 Å². The summed E-state index contributed by atoms with van der Waals surface area (Å²) in [5.41, 5.74) is 0. The summed E-state index contributed by atoms with van der Waals surface area (Å²) in [6.45, 7) is 4.43. The molecular weight excluding hydrogens is 162 g/mol. The van der Waals surface area contributed by atoms with E-state index in [1.165, 1.54) is 0 Å². The lowest BCUT2D eigenvalue weighted by atomic mass is 10.1. The summed E-state index contributed by atoms with van der Waals surface area (Å²) in [5.74, 6) is 0.169. The molecule has 0 bridgehead atoms. The fourth-order valence-corrected chi connectivity index (χ4v) is 1.40. The van der Waals surface area contributed by atoms with E-state index in [9.17, 15) is 4.79 Å². The van der Waals surface area contributed by atoms with E-state index in [2.05, 4.69) is 11.9 Å². The summed E-state index contributed by atoms with van der Waals surface area (Å²) in [6.07, 6.45) is 2.34. The normalized spacial score (nSPS) is 23.5. The second-order valence-electron chi connectivity index (χ2n) is 2.81. The Balaban J connectivity index is 2.34. The molecule has 0 aromatic rings. The van der Waals surface area contributed by atoms with Gasteiger partial charge in [0.2, 0.25) is 0 Å².